The van der Waals surface area contributed by atoms with Gasteiger partial charge in [-0.2, -0.15) is 0 Å². The maximum absolute atomic E-state index is 13.0. The Hall–Kier alpha value is -3.97. The van der Waals surface area contributed by atoms with Crippen LogP contribution in [0, 0.1) is 0 Å². The number of carbonyl (C=O) groups is 1. The van der Waals surface area contributed by atoms with Crippen LogP contribution in [-0.4, -0.2) is 39.4 Å². The molecule has 0 spiro atoms. The summed E-state index contributed by atoms with van der Waals surface area (Å²) in [5.74, 6) is -0.842. The van der Waals surface area contributed by atoms with Crippen molar-refractivity contribution in [1.29, 1.82) is 0 Å². The first-order valence-corrected chi connectivity index (χ1v) is 9.95. The number of phenolic OH excluding ortho intramolecular Hbond substituents is 3. The van der Waals surface area contributed by atoms with Crippen molar-refractivity contribution in [1.82, 2.24) is 0 Å². The van der Waals surface area contributed by atoms with Crippen LogP contribution < -0.4 is 9.47 Å². The maximum atomic E-state index is 13.0. The molecule has 32 heavy (non-hydrogen) atoms. The lowest BCUT2D eigenvalue weighted by atomic mass is 9.91. The van der Waals surface area contributed by atoms with Gasteiger partial charge >= 0.3 is 0 Å². The standard InChI is InChI=1S/C25H22O7/c1-31-22-13-20(29)23(19(28)8-7-14-5-3-2-4-6-14)25-18(22)12-21(30)24(32-25)15-9-16(26)11-17(27)10-15/h2-11,13,21,24,26-27,29-30H,12H2,1H3/b8-7+/t21-,24+/m0/s1. The lowest BCUT2D eigenvalue weighted by Crippen LogP contribution is -2.31. The monoisotopic (exact) mass is 434 g/mol. The highest BCUT2D eigenvalue weighted by Gasteiger charge is 2.36. The van der Waals surface area contributed by atoms with E-state index in [2.05, 4.69) is 0 Å². The first-order chi connectivity index (χ1) is 15.4. The largest absolute Gasteiger partial charge is 0.508 e. The molecule has 0 aromatic heterocycles. The fraction of sp³-hybridized carbons (Fsp3) is 0.160. The fourth-order valence-electron chi connectivity index (χ4n) is 3.82. The van der Waals surface area contributed by atoms with Crippen LogP contribution in [0.5, 0.6) is 28.7 Å². The Balaban J connectivity index is 1.78. The van der Waals surface area contributed by atoms with E-state index in [1.807, 2.05) is 30.3 Å². The summed E-state index contributed by atoms with van der Waals surface area (Å²) < 4.78 is 11.3. The smallest absolute Gasteiger partial charge is 0.193 e. The number of ketones is 1. The van der Waals surface area contributed by atoms with Crippen LogP contribution in [0.3, 0.4) is 0 Å². The third kappa shape index (κ3) is 4.10. The van der Waals surface area contributed by atoms with Gasteiger partial charge in [0.05, 0.1) is 13.2 Å². The van der Waals surface area contributed by atoms with E-state index in [4.69, 9.17) is 9.47 Å². The Morgan fingerprint density at radius 2 is 1.75 bits per heavy atom. The van der Waals surface area contributed by atoms with E-state index >= 15 is 0 Å². The molecule has 0 bridgehead atoms. The molecule has 0 saturated carbocycles. The number of aliphatic hydroxyl groups is 1. The zero-order valence-corrected chi connectivity index (χ0v) is 17.2. The molecule has 7 heteroatoms. The zero-order chi connectivity index (χ0) is 22.8. The highest BCUT2D eigenvalue weighted by Crippen LogP contribution is 2.46. The second-order valence-corrected chi connectivity index (χ2v) is 7.48. The normalized spacial score (nSPS) is 17.6. The molecule has 1 aliphatic rings. The van der Waals surface area contributed by atoms with Crippen molar-refractivity contribution < 1.29 is 34.7 Å². The van der Waals surface area contributed by atoms with E-state index in [9.17, 15) is 25.2 Å². The van der Waals surface area contributed by atoms with Crippen molar-refractivity contribution in [3.8, 4) is 28.7 Å². The molecule has 164 valence electrons. The van der Waals surface area contributed by atoms with Crippen molar-refractivity contribution in [3.63, 3.8) is 0 Å². The summed E-state index contributed by atoms with van der Waals surface area (Å²) in [6, 6.07) is 14.4. The summed E-state index contributed by atoms with van der Waals surface area (Å²) in [4.78, 5) is 13.0. The molecule has 7 nitrogen and oxygen atoms in total. The summed E-state index contributed by atoms with van der Waals surface area (Å²) in [7, 11) is 1.41. The summed E-state index contributed by atoms with van der Waals surface area (Å²) in [5, 5.41) is 41.0. The van der Waals surface area contributed by atoms with Gasteiger partial charge in [0.15, 0.2) is 11.9 Å². The predicted octanol–water partition coefficient (Wildman–Crippen LogP) is 3.75. The number of benzene rings is 3. The molecule has 0 aliphatic carbocycles. The minimum Gasteiger partial charge on any atom is -0.508 e. The molecule has 1 heterocycles. The maximum Gasteiger partial charge on any atom is 0.193 e. The molecule has 0 radical (unpaired) electrons. The minimum atomic E-state index is -1.05. The molecule has 3 aromatic carbocycles. The number of ether oxygens (including phenoxy) is 2. The van der Waals surface area contributed by atoms with E-state index < -0.39 is 18.0 Å². The van der Waals surface area contributed by atoms with Crippen LogP contribution in [0.4, 0.5) is 0 Å². The van der Waals surface area contributed by atoms with Crippen molar-refractivity contribution in [2.75, 3.05) is 7.11 Å². The van der Waals surface area contributed by atoms with E-state index in [1.54, 1.807) is 6.08 Å². The van der Waals surface area contributed by atoms with Gasteiger partial charge in [-0.3, -0.25) is 4.79 Å². The van der Waals surface area contributed by atoms with Crippen LogP contribution in [0.25, 0.3) is 6.08 Å². The van der Waals surface area contributed by atoms with Gasteiger partial charge in [-0.25, -0.2) is 0 Å². The number of rotatable bonds is 5. The Morgan fingerprint density at radius 1 is 1.06 bits per heavy atom. The zero-order valence-electron chi connectivity index (χ0n) is 17.2. The van der Waals surface area contributed by atoms with Gasteiger partial charge in [0, 0.05) is 29.7 Å². The number of aliphatic hydroxyl groups excluding tert-OH is 1. The number of methoxy groups -OCH3 is 1. The first-order valence-electron chi connectivity index (χ1n) is 9.95. The van der Waals surface area contributed by atoms with Gasteiger partial charge in [0.1, 0.15) is 34.3 Å². The van der Waals surface area contributed by atoms with Crippen molar-refractivity contribution in [3.05, 3.63) is 82.9 Å². The Bertz CT molecular complexity index is 1160. The number of hydrogen-bond acceptors (Lipinski definition) is 7. The lowest BCUT2D eigenvalue weighted by molar-refractivity contribution is 0.0189. The fourth-order valence-corrected chi connectivity index (χ4v) is 3.82. The van der Waals surface area contributed by atoms with E-state index in [1.165, 1.54) is 31.4 Å². The molecular formula is C25H22O7. The second kappa shape index (κ2) is 8.64. The molecule has 0 unspecified atom stereocenters. The van der Waals surface area contributed by atoms with E-state index in [-0.39, 0.29) is 40.7 Å². The van der Waals surface area contributed by atoms with Crippen LogP contribution >= 0.6 is 0 Å². The third-order valence-electron chi connectivity index (χ3n) is 5.28. The Kier molecular flexibility index (Phi) is 5.75. The summed E-state index contributed by atoms with van der Waals surface area (Å²) in [6.07, 6.45) is 0.992. The Morgan fingerprint density at radius 3 is 2.41 bits per heavy atom. The van der Waals surface area contributed by atoms with Gasteiger partial charge in [-0.05, 0) is 23.8 Å². The van der Waals surface area contributed by atoms with Crippen molar-refractivity contribution in [2.24, 2.45) is 0 Å². The van der Waals surface area contributed by atoms with Gasteiger partial charge in [-0.15, -0.1) is 0 Å². The van der Waals surface area contributed by atoms with Crippen LogP contribution in [0.2, 0.25) is 0 Å². The topological polar surface area (TPSA) is 116 Å². The molecular weight excluding hydrogens is 412 g/mol. The quantitative estimate of drug-likeness (QED) is 0.357. The van der Waals surface area contributed by atoms with E-state index in [0.717, 1.165) is 11.6 Å². The summed E-state index contributed by atoms with van der Waals surface area (Å²) in [6.45, 7) is 0. The molecule has 3 aromatic rings. The first kappa shape index (κ1) is 21.3. The number of fused-ring (bicyclic) bond motifs is 1. The molecule has 1 aliphatic heterocycles. The summed E-state index contributed by atoms with van der Waals surface area (Å²) >= 11 is 0. The van der Waals surface area contributed by atoms with Gasteiger partial charge in [0.25, 0.3) is 0 Å². The van der Waals surface area contributed by atoms with Crippen LogP contribution in [0.1, 0.15) is 33.2 Å². The van der Waals surface area contributed by atoms with Crippen molar-refractivity contribution >= 4 is 11.9 Å². The molecule has 0 fully saturated rings. The minimum absolute atomic E-state index is 0.0609. The number of allylic oxidation sites excluding steroid dienone is 1. The van der Waals surface area contributed by atoms with Gasteiger partial charge < -0.3 is 29.9 Å². The second-order valence-electron chi connectivity index (χ2n) is 7.48. The highest BCUT2D eigenvalue weighted by atomic mass is 16.5. The molecule has 4 N–H and O–H groups in total. The van der Waals surface area contributed by atoms with Gasteiger partial charge in [0.2, 0.25) is 0 Å². The summed E-state index contributed by atoms with van der Waals surface area (Å²) in [5.41, 5.74) is 1.51. The number of hydrogen-bond donors (Lipinski definition) is 4. The number of aromatic hydroxyl groups is 3. The third-order valence-corrected chi connectivity index (χ3v) is 5.28. The van der Waals surface area contributed by atoms with Crippen LogP contribution in [-0.2, 0) is 6.42 Å². The SMILES string of the molecule is COc1cc(O)c(C(=O)/C=C/c2ccccc2)c2c1C[C@H](O)[C@@H](c1cc(O)cc(O)c1)O2. The number of phenols is 3. The molecule has 2 atom stereocenters. The molecule has 0 saturated heterocycles. The lowest BCUT2D eigenvalue weighted by Gasteiger charge is -2.33. The average molecular weight is 434 g/mol. The number of carbonyl (C=O) groups excluding carboxylic acids is 1. The average Bonchev–Trinajstić information content (AvgIpc) is 2.77. The van der Waals surface area contributed by atoms with Gasteiger partial charge in [-0.1, -0.05) is 36.4 Å². The van der Waals surface area contributed by atoms with Crippen LogP contribution in [0.15, 0.2) is 60.7 Å². The van der Waals surface area contributed by atoms with Crippen molar-refractivity contribution in [2.45, 2.75) is 18.6 Å². The molecule has 4 rings (SSSR count). The Labute approximate surface area is 184 Å². The highest BCUT2D eigenvalue weighted by molar-refractivity contribution is 6.11. The van der Waals surface area contributed by atoms with E-state index in [0.29, 0.717) is 11.1 Å². The predicted molar refractivity (Wildman–Crippen MR) is 117 cm³/mol. The molecule has 0 amide bonds.